The van der Waals surface area contributed by atoms with Crippen molar-refractivity contribution in [2.24, 2.45) is 0 Å². The topological polar surface area (TPSA) is 78.9 Å². The summed E-state index contributed by atoms with van der Waals surface area (Å²) in [5, 5.41) is 0. The summed E-state index contributed by atoms with van der Waals surface area (Å²) in [5.74, 6) is -1.04. The summed E-state index contributed by atoms with van der Waals surface area (Å²) in [4.78, 5) is 38.0. The zero-order valence-electron chi connectivity index (χ0n) is 42.1. The van der Waals surface area contributed by atoms with Crippen molar-refractivity contribution < 1.29 is 28.6 Å². The Morgan fingerprint density at radius 2 is 0.612 bits per heavy atom. The van der Waals surface area contributed by atoms with E-state index < -0.39 is 6.10 Å². The molecule has 0 bridgehead atoms. The zero-order chi connectivity index (χ0) is 48.6. The maximum Gasteiger partial charge on any atom is 0.306 e. The van der Waals surface area contributed by atoms with Gasteiger partial charge in [-0.3, -0.25) is 14.4 Å². The predicted octanol–water partition coefficient (Wildman–Crippen LogP) is 17.2. The molecule has 1 unspecified atom stereocenters. The van der Waals surface area contributed by atoms with Crippen molar-refractivity contribution in [2.75, 3.05) is 13.2 Å². The minimum absolute atomic E-state index is 0.127. The molecule has 0 aliphatic rings. The van der Waals surface area contributed by atoms with E-state index >= 15 is 0 Å². The molecular formula is C61H90O6. The average molecular weight is 919 g/mol. The van der Waals surface area contributed by atoms with Gasteiger partial charge >= 0.3 is 17.9 Å². The highest BCUT2D eigenvalue weighted by Gasteiger charge is 2.19. The number of hydrogen-bond acceptors (Lipinski definition) is 6. The van der Waals surface area contributed by atoms with Crippen LogP contribution in [-0.4, -0.2) is 37.2 Å². The smallest absolute Gasteiger partial charge is 0.306 e. The highest BCUT2D eigenvalue weighted by Crippen LogP contribution is 2.12. The molecule has 0 radical (unpaired) electrons. The maximum atomic E-state index is 12.8. The van der Waals surface area contributed by atoms with Gasteiger partial charge in [-0.1, -0.05) is 223 Å². The molecule has 0 aromatic heterocycles. The van der Waals surface area contributed by atoms with Crippen LogP contribution in [0.5, 0.6) is 0 Å². The first kappa shape index (κ1) is 61.8. The van der Waals surface area contributed by atoms with Gasteiger partial charge in [-0.05, 0) is 103 Å². The number of allylic oxidation sites excluding steroid dienone is 28. The minimum Gasteiger partial charge on any atom is -0.462 e. The Balaban J connectivity index is 4.61. The summed E-state index contributed by atoms with van der Waals surface area (Å²) in [6, 6.07) is 0. The quantitative estimate of drug-likeness (QED) is 0.0199. The van der Waals surface area contributed by atoms with Crippen LogP contribution in [0.1, 0.15) is 175 Å². The van der Waals surface area contributed by atoms with E-state index in [0.29, 0.717) is 19.3 Å². The molecule has 370 valence electrons. The lowest BCUT2D eigenvalue weighted by Gasteiger charge is -2.18. The van der Waals surface area contributed by atoms with E-state index in [9.17, 15) is 14.4 Å². The van der Waals surface area contributed by atoms with Crippen LogP contribution in [0.15, 0.2) is 170 Å². The van der Waals surface area contributed by atoms with Crippen molar-refractivity contribution in [1.82, 2.24) is 0 Å². The normalized spacial score (nSPS) is 13.5. The monoisotopic (exact) mass is 919 g/mol. The van der Waals surface area contributed by atoms with Crippen molar-refractivity contribution in [3.05, 3.63) is 170 Å². The lowest BCUT2D eigenvalue weighted by molar-refractivity contribution is -0.167. The molecule has 67 heavy (non-hydrogen) atoms. The SMILES string of the molecule is CC\C=C/C=C\C=C/C=C\C=C\C=C/CCCCCC(=O)OC(COC(=O)CCCCC/C=C\C/C=C\C/C=C\C/C=C\C/C=C\CC)COC(=O)CCCCCCC\C=C/C=C\C=C/CC. The van der Waals surface area contributed by atoms with Crippen molar-refractivity contribution in [3.63, 3.8) is 0 Å². The summed E-state index contributed by atoms with van der Waals surface area (Å²) in [7, 11) is 0. The number of ether oxygens (including phenoxy) is 3. The molecule has 0 saturated heterocycles. The largest absolute Gasteiger partial charge is 0.462 e. The third-order valence-electron chi connectivity index (χ3n) is 9.92. The molecule has 0 rings (SSSR count). The summed E-state index contributed by atoms with van der Waals surface area (Å²) < 4.78 is 16.7. The van der Waals surface area contributed by atoms with Crippen molar-refractivity contribution in [1.29, 1.82) is 0 Å². The fourth-order valence-electron chi connectivity index (χ4n) is 6.14. The van der Waals surface area contributed by atoms with Gasteiger partial charge in [0.1, 0.15) is 13.2 Å². The van der Waals surface area contributed by atoms with Crippen molar-refractivity contribution >= 4 is 17.9 Å². The van der Waals surface area contributed by atoms with Gasteiger partial charge in [-0.2, -0.15) is 0 Å². The van der Waals surface area contributed by atoms with Crippen LogP contribution in [0.3, 0.4) is 0 Å². The summed E-state index contributed by atoms with van der Waals surface area (Å²) in [6.07, 6.45) is 79.0. The number of carbonyl (C=O) groups is 3. The van der Waals surface area contributed by atoms with Crippen molar-refractivity contribution in [2.45, 2.75) is 181 Å². The molecule has 0 aromatic rings. The second-order valence-corrected chi connectivity index (χ2v) is 16.1. The molecule has 0 spiro atoms. The highest BCUT2D eigenvalue weighted by molar-refractivity contribution is 5.71. The molecule has 0 amide bonds. The van der Waals surface area contributed by atoms with E-state index in [1.165, 1.54) is 0 Å². The molecule has 0 aliphatic heterocycles. The number of esters is 3. The molecule has 0 saturated carbocycles. The Morgan fingerprint density at radius 1 is 0.313 bits per heavy atom. The minimum atomic E-state index is -0.833. The standard InChI is InChI=1S/C61H90O6/c1-4-7-10-13-16-19-22-25-27-29-30-32-33-36-39-42-45-48-51-54-60(63)66-57-58(56-65-59(62)53-50-47-44-41-38-35-24-21-18-15-12-9-6-3)67-61(64)55-52-49-46-43-40-37-34-31-28-26-23-20-17-14-11-8-5-2/h7-12,14-21,23-28,30-32,34,36-37,39-40,58H,4-6,13,22,29,33,35,38,41-57H2,1-3H3/b10-7-,11-8-,12-9-,17-14-,18-15-,19-16-,23-20-,24-21-,27-25-,28-26-,32-30-,34-31+,39-36-,40-37-. The van der Waals surface area contributed by atoms with Gasteiger partial charge in [0, 0.05) is 19.3 Å². The van der Waals surface area contributed by atoms with E-state index in [-0.39, 0.29) is 37.5 Å². The van der Waals surface area contributed by atoms with Crippen LogP contribution < -0.4 is 0 Å². The lowest BCUT2D eigenvalue weighted by atomic mass is 10.1. The third-order valence-corrected chi connectivity index (χ3v) is 9.92. The first-order chi connectivity index (χ1) is 33.0. The second-order valence-electron chi connectivity index (χ2n) is 16.1. The van der Waals surface area contributed by atoms with Gasteiger partial charge < -0.3 is 14.2 Å². The predicted molar refractivity (Wildman–Crippen MR) is 288 cm³/mol. The van der Waals surface area contributed by atoms with Crippen molar-refractivity contribution in [3.8, 4) is 0 Å². The molecule has 0 fully saturated rings. The Hall–Kier alpha value is -5.23. The van der Waals surface area contributed by atoms with E-state index in [0.717, 1.165) is 128 Å². The van der Waals surface area contributed by atoms with E-state index in [2.05, 4.69) is 124 Å². The van der Waals surface area contributed by atoms with Gasteiger partial charge in [0.25, 0.3) is 0 Å². The van der Waals surface area contributed by atoms with Gasteiger partial charge in [0.2, 0.25) is 0 Å². The van der Waals surface area contributed by atoms with Gasteiger partial charge in [-0.15, -0.1) is 0 Å². The maximum absolute atomic E-state index is 12.8. The van der Waals surface area contributed by atoms with Gasteiger partial charge in [0.05, 0.1) is 0 Å². The summed E-state index contributed by atoms with van der Waals surface area (Å²) in [5.41, 5.74) is 0. The van der Waals surface area contributed by atoms with Crippen LogP contribution in [0.2, 0.25) is 0 Å². The van der Waals surface area contributed by atoms with Crippen LogP contribution in [-0.2, 0) is 28.6 Å². The third kappa shape index (κ3) is 51.6. The van der Waals surface area contributed by atoms with Gasteiger partial charge in [-0.25, -0.2) is 0 Å². The first-order valence-electron chi connectivity index (χ1n) is 25.8. The zero-order valence-corrected chi connectivity index (χ0v) is 42.1. The van der Waals surface area contributed by atoms with E-state index in [1.54, 1.807) is 0 Å². The van der Waals surface area contributed by atoms with Crippen LogP contribution in [0, 0.1) is 0 Å². The molecule has 6 nitrogen and oxygen atoms in total. The van der Waals surface area contributed by atoms with E-state index in [1.807, 2.05) is 66.8 Å². The first-order valence-corrected chi connectivity index (χ1v) is 25.8. The Labute approximate surface area is 409 Å². The second kappa shape index (κ2) is 53.4. The molecule has 0 aromatic carbocycles. The molecule has 0 heterocycles. The Bertz CT molecular complexity index is 1620. The fourth-order valence-corrected chi connectivity index (χ4v) is 6.14. The number of unbranched alkanes of at least 4 members (excludes halogenated alkanes) is 11. The van der Waals surface area contributed by atoms with Crippen LogP contribution in [0.25, 0.3) is 0 Å². The summed E-state index contributed by atoms with van der Waals surface area (Å²) in [6.45, 7) is 6.13. The molecule has 0 N–H and O–H groups in total. The number of hydrogen-bond donors (Lipinski definition) is 0. The number of rotatable bonds is 43. The Kier molecular flexibility index (Phi) is 49.2. The molecule has 6 heteroatoms. The average Bonchev–Trinajstić information content (AvgIpc) is 3.33. The Morgan fingerprint density at radius 3 is 1.03 bits per heavy atom. The van der Waals surface area contributed by atoms with Crippen LogP contribution >= 0.6 is 0 Å². The molecule has 1 atom stereocenters. The highest BCUT2D eigenvalue weighted by atomic mass is 16.6. The fraction of sp³-hybridized carbons (Fsp3) is 0.492. The lowest BCUT2D eigenvalue weighted by Crippen LogP contribution is -2.30. The summed E-state index contributed by atoms with van der Waals surface area (Å²) >= 11 is 0. The number of carbonyl (C=O) groups excluding carboxylic acids is 3. The van der Waals surface area contributed by atoms with Gasteiger partial charge in [0.15, 0.2) is 6.10 Å². The molecule has 0 aliphatic carbocycles. The van der Waals surface area contributed by atoms with E-state index in [4.69, 9.17) is 14.2 Å². The van der Waals surface area contributed by atoms with Crippen LogP contribution in [0.4, 0.5) is 0 Å². The molecular weight excluding hydrogens is 829 g/mol.